The van der Waals surface area contributed by atoms with Crippen LogP contribution < -0.4 is 16.0 Å². The molecule has 0 aliphatic carbocycles. The van der Waals surface area contributed by atoms with Crippen molar-refractivity contribution in [3.63, 3.8) is 0 Å². The lowest BCUT2D eigenvalue weighted by molar-refractivity contribution is 0.127. The number of piperidine rings is 1. The van der Waals surface area contributed by atoms with E-state index in [0.717, 1.165) is 12.1 Å². The number of imidazole rings is 1. The summed E-state index contributed by atoms with van der Waals surface area (Å²) in [5, 5.41) is 13.7. The number of hydrogen-bond donors (Lipinski definition) is 3. The zero-order valence-electron chi connectivity index (χ0n) is 18.2. The summed E-state index contributed by atoms with van der Waals surface area (Å²) < 4.78 is 43.5. The quantitative estimate of drug-likeness (QED) is 0.408. The summed E-state index contributed by atoms with van der Waals surface area (Å²) in [6.45, 7) is 2.23. The Morgan fingerprint density at radius 1 is 1.21 bits per heavy atom. The average molecular weight is 459 g/mol. The number of nitrogens with one attached hydrogen (secondary N) is 3. The van der Waals surface area contributed by atoms with E-state index in [-0.39, 0.29) is 6.04 Å². The number of alkyl halides is 3. The molecule has 1 saturated heterocycles. The van der Waals surface area contributed by atoms with Gasteiger partial charge in [0.15, 0.2) is 11.5 Å². The first-order chi connectivity index (χ1) is 15.9. The summed E-state index contributed by atoms with van der Waals surface area (Å²) in [6.07, 6.45) is -1.15. The van der Waals surface area contributed by atoms with E-state index in [1.54, 1.807) is 36.8 Å². The Balaban J connectivity index is 1.55. The second-order valence-corrected chi connectivity index (χ2v) is 8.02. The maximum absolute atomic E-state index is 14.2. The molecular formula is C21H24F3N9. The van der Waals surface area contributed by atoms with Crippen molar-refractivity contribution in [2.75, 3.05) is 30.8 Å². The van der Waals surface area contributed by atoms with Crippen molar-refractivity contribution in [3.8, 4) is 11.3 Å². The predicted octanol–water partition coefficient (Wildman–Crippen LogP) is 2.87. The molecule has 174 valence electrons. The van der Waals surface area contributed by atoms with Crippen LogP contribution >= 0.6 is 0 Å². The van der Waals surface area contributed by atoms with E-state index in [4.69, 9.17) is 0 Å². The van der Waals surface area contributed by atoms with Gasteiger partial charge in [-0.1, -0.05) is 0 Å². The van der Waals surface area contributed by atoms with Crippen molar-refractivity contribution in [1.29, 1.82) is 0 Å². The average Bonchev–Trinajstić information content (AvgIpc) is 3.35. The summed E-state index contributed by atoms with van der Waals surface area (Å²) in [5.74, 6) is 1.34. The third kappa shape index (κ3) is 3.94. The molecule has 4 aromatic heterocycles. The van der Waals surface area contributed by atoms with Gasteiger partial charge in [-0.3, -0.25) is 0 Å². The van der Waals surface area contributed by atoms with E-state index in [0.29, 0.717) is 52.9 Å². The van der Waals surface area contributed by atoms with Crippen LogP contribution in [0.15, 0.2) is 24.4 Å². The lowest BCUT2D eigenvalue weighted by Crippen LogP contribution is -2.45. The lowest BCUT2D eigenvalue weighted by atomic mass is 10.1. The molecule has 12 heteroatoms. The molecule has 3 N–H and O–H groups in total. The molecule has 1 aliphatic rings. The Labute approximate surface area is 187 Å². The molecular weight excluding hydrogens is 435 g/mol. The summed E-state index contributed by atoms with van der Waals surface area (Å²) in [6, 6.07) is 5.03. The molecule has 1 fully saturated rings. The van der Waals surface area contributed by atoms with Gasteiger partial charge in [0.05, 0.1) is 18.3 Å². The van der Waals surface area contributed by atoms with Crippen LogP contribution in [0.1, 0.15) is 12.2 Å². The first-order valence-electron chi connectivity index (χ1n) is 10.8. The summed E-state index contributed by atoms with van der Waals surface area (Å²) in [5.41, 5.74) is 2.95. The number of aryl methyl sites for hydroxylation is 1. The lowest BCUT2D eigenvalue weighted by Gasteiger charge is -2.27. The summed E-state index contributed by atoms with van der Waals surface area (Å²) >= 11 is 0. The van der Waals surface area contributed by atoms with Gasteiger partial charge in [-0.2, -0.15) is 4.98 Å². The number of aromatic nitrogens is 6. The van der Waals surface area contributed by atoms with E-state index in [1.807, 2.05) is 6.07 Å². The van der Waals surface area contributed by atoms with Crippen LogP contribution in [0.3, 0.4) is 0 Å². The van der Waals surface area contributed by atoms with Gasteiger partial charge in [0.2, 0.25) is 5.95 Å². The van der Waals surface area contributed by atoms with Crippen LogP contribution in [-0.4, -0.2) is 67.9 Å². The van der Waals surface area contributed by atoms with Gasteiger partial charge in [0.1, 0.15) is 23.0 Å². The Hall–Kier alpha value is -3.41. The van der Waals surface area contributed by atoms with Crippen molar-refractivity contribution in [3.05, 3.63) is 30.2 Å². The van der Waals surface area contributed by atoms with Crippen LogP contribution in [0, 0.1) is 6.92 Å². The molecule has 0 saturated carbocycles. The minimum absolute atomic E-state index is 0.294. The topological polar surface area (TPSA) is 97.0 Å². The van der Waals surface area contributed by atoms with E-state index in [9.17, 15) is 13.2 Å². The van der Waals surface area contributed by atoms with Crippen molar-refractivity contribution in [2.45, 2.75) is 38.5 Å². The number of anilines is 2. The number of fused-ring (bicyclic) bond motifs is 2. The first kappa shape index (κ1) is 21.4. The molecule has 0 amide bonds. The standard InChI is InChI=1S/C21H24F3N9/c1-11-27-16-4-3-14(28-20(16)32(11)10-17(23)24)12-6-8-33-18(12)19(25-2)30-21(31-33)29-15-5-7-26-9-13(15)22/h3-4,6,8,13,15,17,26H,5,7,9-10H2,1-2H3,(H2,25,29,30,31)/t13-,15+/m0/s1. The molecule has 5 rings (SSSR count). The van der Waals surface area contributed by atoms with Gasteiger partial charge in [-0.25, -0.2) is 27.7 Å². The number of halogens is 3. The highest BCUT2D eigenvalue weighted by Gasteiger charge is 2.26. The van der Waals surface area contributed by atoms with E-state index in [1.165, 1.54) is 4.57 Å². The molecule has 0 unspecified atom stereocenters. The molecule has 5 heterocycles. The molecule has 0 radical (unpaired) electrons. The predicted molar refractivity (Wildman–Crippen MR) is 120 cm³/mol. The second kappa shape index (κ2) is 8.50. The highest BCUT2D eigenvalue weighted by Crippen LogP contribution is 2.30. The van der Waals surface area contributed by atoms with Gasteiger partial charge < -0.3 is 20.5 Å². The van der Waals surface area contributed by atoms with Gasteiger partial charge in [-0.05, 0) is 38.1 Å². The molecule has 1 aliphatic heterocycles. The number of pyridine rings is 1. The van der Waals surface area contributed by atoms with Crippen LogP contribution in [0.2, 0.25) is 0 Å². The number of nitrogens with zero attached hydrogens (tertiary/aromatic N) is 6. The van der Waals surface area contributed by atoms with Gasteiger partial charge in [0.25, 0.3) is 6.43 Å². The maximum Gasteiger partial charge on any atom is 0.256 e. The molecule has 0 spiro atoms. The zero-order chi connectivity index (χ0) is 23.1. The van der Waals surface area contributed by atoms with E-state index >= 15 is 0 Å². The third-order valence-electron chi connectivity index (χ3n) is 5.85. The Kier molecular flexibility index (Phi) is 5.52. The Bertz CT molecular complexity index is 1300. The van der Waals surface area contributed by atoms with Gasteiger partial charge in [0, 0.05) is 25.4 Å². The molecule has 0 bridgehead atoms. The fourth-order valence-electron chi connectivity index (χ4n) is 4.24. The minimum Gasteiger partial charge on any atom is -0.371 e. The summed E-state index contributed by atoms with van der Waals surface area (Å²) in [4.78, 5) is 13.5. The fraction of sp³-hybridized carbons (Fsp3) is 0.429. The van der Waals surface area contributed by atoms with E-state index in [2.05, 4.69) is 36.0 Å². The molecule has 33 heavy (non-hydrogen) atoms. The molecule has 0 aromatic carbocycles. The highest BCUT2D eigenvalue weighted by atomic mass is 19.3. The largest absolute Gasteiger partial charge is 0.371 e. The van der Waals surface area contributed by atoms with Crippen LogP contribution in [-0.2, 0) is 6.54 Å². The van der Waals surface area contributed by atoms with Crippen LogP contribution in [0.25, 0.3) is 27.9 Å². The zero-order valence-corrected chi connectivity index (χ0v) is 18.2. The third-order valence-corrected chi connectivity index (χ3v) is 5.85. The van der Waals surface area contributed by atoms with Crippen molar-refractivity contribution in [1.82, 2.24) is 34.4 Å². The van der Waals surface area contributed by atoms with Crippen molar-refractivity contribution < 1.29 is 13.2 Å². The smallest absolute Gasteiger partial charge is 0.256 e. The molecule has 4 aromatic rings. The van der Waals surface area contributed by atoms with Gasteiger partial charge in [-0.15, -0.1) is 5.10 Å². The first-order valence-corrected chi connectivity index (χ1v) is 10.8. The van der Waals surface area contributed by atoms with Crippen molar-refractivity contribution in [2.24, 2.45) is 0 Å². The fourth-order valence-corrected chi connectivity index (χ4v) is 4.24. The van der Waals surface area contributed by atoms with Crippen LogP contribution in [0.4, 0.5) is 24.9 Å². The highest BCUT2D eigenvalue weighted by molar-refractivity contribution is 5.89. The number of rotatable bonds is 6. The number of hydrogen-bond acceptors (Lipinski definition) is 7. The Morgan fingerprint density at radius 3 is 2.82 bits per heavy atom. The monoisotopic (exact) mass is 459 g/mol. The second-order valence-electron chi connectivity index (χ2n) is 8.02. The minimum atomic E-state index is -2.51. The van der Waals surface area contributed by atoms with Crippen molar-refractivity contribution >= 4 is 28.4 Å². The summed E-state index contributed by atoms with van der Waals surface area (Å²) in [7, 11) is 1.74. The SMILES string of the molecule is CNc1nc(N[C@@H]2CCNC[C@@H]2F)nn2ccc(-c3ccc4nc(C)n(CC(F)F)c4n3)c12. The van der Waals surface area contributed by atoms with E-state index < -0.39 is 19.1 Å². The molecule has 9 nitrogen and oxygen atoms in total. The van der Waals surface area contributed by atoms with Crippen LogP contribution in [0.5, 0.6) is 0 Å². The van der Waals surface area contributed by atoms with Gasteiger partial charge >= 0.3 is 0 Å². The normalized spacial score (nSPS) is 19.0. The maximum atomic E-state index is 14.2. The molecule has 2 atom stereocenters. The Morgan fingerprint density at radius 2 is 2.06 bits per heavy atom.